The van der Waals surface area contributed by atoms with Crippen LogP contribution in [0.25, 0.3) is 0 Å². The maximum atomic E-state index is 12.4. The molecule has 0 bridgehead atoms. The van der Waals surface area contributed by atoms with Crippen molar-refractivity contribution in [1.82, 2.24) is 0 Å². The summed E-state index contributed by atoms with van der Waals surface area (Å²) in [5, 5.41) is 0. The van der Waals surface area contributed by atoms with Crippen molar-refractivity contribution in [3.63, 3.8) is 0 Å². The minimum atomic E-state index is -0.310. The summed E-state index contributed by atoms with van der Waals surface area (Å²) in [7, 11) is 0. The van der Waals surface area contributed by atoms with E-state index in [2.05, 4.69) is 0 Å². The molecule has 3 heteroatoms. The average molecular weight is 189 g/mol. The lowest BCUT2D eigenvalue weighted by Crippen LogP contribution is -1.99. The third-order valence-corrected chi connectivity index (χ3v) is 1.52. The summed E-state index contributed by atoms with van der Waals surface area (Å²) in [6.45, 7) is 2.16. The van der Waals surface area contributed by atoms with Crippen LogP contribution < -0.4 is 0 Å². The third-order valence-electron chi connectivity index (χ3n) is 1.39. The molecule has 66 valence electrons. The van der Waals surface area contributed by atoms with E-state index < -0.39 is 0 Å². The minimum Gasteiger partial charge on any atom is -0.358 e. The van der Waals surface area contributed by atoms with Gasteiger partial charge in [-0.15, -0.1) is 0 Å². The molecule has 1 aromatic carbocycles. The van der Waals surface area contributed by atoms with Gasteiger partial charge in [0, 0.05) is 0 Å². The molecule has 1 rings (SSSR count). The van der Waals surface area contributed by atoms with Gasteiger partial charge in [0.1, 0.15) is 11.4 Å². The van der Waals surface area contributed by atoms with Crippen molar-refractivity contribution >= 4 is 11.6 Å². The van der Waals surface area contributed by atoms with Gasteiger partial charge in [-0.1, -0.05) is 23.7 Å². The van der Waals surface area contributed by atoms with E-state index in [0.29, 0.717) is 6.61 Å². The first-order valence-electron chi connectivity index (χ1n) is 3.68. The Bertz CT molecular complexity index is 233. The molecule has 0 N–H and O–H groups in total. The molecule has 0 aliphatic carbocycles. The molecular formula is C9H10ClFO. The predicted octanol–water partition coefficient (Wildman–Crippen LogP) is 2.93. The second kappa shape index (κ2) is 4.43. The molecule has 0 radical (unpaired) electrons. The van der Waals surface area contributed by atoms with Crippen molar-refractivity contribution in [1.29, 1.82) is 0 Å². The average Bonchev–Trinajstić information content (AvgIpc) is 2.03. The fraction of sp³-hybridized carbons (Fsp3) is 0.333. The van der Waals surface area contributed by atoms with Crippen molar-refractivity contribution < 1.29 is 9.13 Å². The summed E-state index contributed by atoms with van der Waals surface area (Å²) >= 11 is 5.56. The standard InChI is InChI=1S/C9H10ClFO/c1-7(10)12-6-8-2-4-9(11)5-3-8/h2-5,7H,6H2,1H3. The second-order valence-electron chi connectivity index (χ2n) is 2.48. The lowest BCUT2D eigenvalue weighted by molar-refractivity contribution is 0.105. The molecule has 0 saturated carbocycles. The van der Waals surface area contributed by atoms with E-state index in [0.717, 1.165) is 5.56 Å². The summed E-state index contributed by atoms with van der Waals surface area (Å²) in [5.74, 6) is -0.238. The van der Waals surface area contributed by atoms with E-state index in [1.165, 1.54) is 12.1 Å². The van der Waals surface area contributed by atoms with Crippen LogP contribution in [0.2, 0.25) is 0 Å². The van der Waals surface area contributed by atoms with Gasteiger partial charge in [-0.3, -0.25) is 0 Å². The number of halogens is 2. The number of rotatable bonds is 3. The van der Waals surface area contributed by atoms with Gasteiger partial charge in [-0.05, 0) is 24.6 Å². The van der Waals surface area contributed by atoms with E-state index in [4.69, 9.17) is 16.3 Å². The molecule has 0 spiro atoms. The van der Waals surface area contributed by atoms with E-state index >= 15 is 0 Å². The van der Waals surface area contributed by atoms with E-state index in [-0.39, 0.29) is 11.4 Å². The van der Waals surface area contributed by atoms with Crippen LogP contribution in [0.4, 0.5) is 4.39 Å². The minimum absolute atomic E-state index is 0.238. The largest absolute Gasteiger partial charge is 0.358 e. The van der Waals surface area contributed by atoms with E-state index in [9.17, 15) is 4.39 Å². The SMILES string of the molecule is CC(Cl)OCc1ccc(F)cc1. The molecule has 0 aliphatic rings. The van der Waals surface area contributed by atoms with Crippen LogP contribution in [0.1, 0.15) is 12.5 Å². The Morgan fingerprint density at radius 1 is 1.42 bits per heavy atom. The Morgan fingerprint density at radius 2 is 2.00 bits per heavy atom. The zero-order valence-corrected chi connectivity index (χ0v) is 7.51. The molecule has 0 amide bonds. The highest BCUT2D eigenvalue weighted by molar-refractivity contribution is 6.19. The highest BCUT2D eigenvalue weighted by Gasteiger charge is 1.97. The first-order chi connectivity index (χ1) is 5.68. The van der Waals surface area contributed by atoms with E-state index in [1.807, 2.05) is 0 Å². The van der Waals surface area contributed by atoms with Crippen LogP contribution in [0.15, 0.2) is 24.3 Å². The van der Waals surface area contributed by atoms with Crippen molar-refractivity contribution in [2.24, 2.45) is 0 Å². The number of benzene rings is 1. The second-order valence-corrected chi connectivity index (χ2v) is 3.10. The summed E-state index contributed by atoms with van der Waals surface area (Å²) in [6.07, 6.45) is 0. The molecule has 0 aliphatic heterocycles. The predicted molar refractivity (Wildman–Crippen MR) is 46.5 cm³/mol. The summed E-state index contributed by atoms with van der Waals surface area (Å²) < 4.78 is 17.5. The highest BCUT2D eigenvalue weighted by Crippen LogP contribution is 2.06. The highest BCUT2D eigenvalue weighted by atomic mass is 35.5. The van der Waals surface area contributed by atoms with Crippen LogP contribution in [0.5, 0.6) is 0 Å². The lowest BCUT2D eigenvalue weighted by atomic mass is 10.2. The van der Waals surface area contributed by atoms with Gasteiger partial charge in [0.25, 0.3) is 0 Å². The van der Waals surface area contributed by atoms with Crippen LogP contribution in [-0.4, -0.2) is 5.56 Å². The Morgan fingerprint density at radius 3 is 2.50 bits per heavy atom. The van der Waals surface area contributed by atoms with Crippen LogP contribution in [0.3, 0.4) is 0 Å². The van der Waals surface area contributed by atoms with Crippen LogP contribution in [-0.2, 0) is 11.3 Å². The number of alkyl halides is 1. The first-order valence-corrected chi connectivity index (χ1v) is 4.12. The van der Waals surface area contributed by atoms with Crippen LogP contribution >= 0.6 is 11.6 Å². The molecule has 0 saturated heterocycles. The molecule has 0 heterocycles. The quantitative estimate of drug-likeness (QED) is 0.663. The van der Waals surface area contributed by atoms with Gasteiger partial charge < -0.3 is 4.74 Å². The normalized spacial score (nSPS) is 12.9. The lowest BCUT2D eigenvalue weighted by Gasteiger charge is -2.04. The maximum absolute atomic E-state index is 12.4. The fourth-order valence-corrected chi connectivity index (χ4v) is 0.855. The Labute approximate surface area is 76.1 Å². The van der Waals surface area contributed by atoms with Crippen molar-refractivity contribution in [2.75, 3.05) is 0 Å². The van der Waals surface area contributed by atoms with Gasteiger partial charge in [0.15, 0.2) is 0 Å². The molecule has 12 heavy (non-hydrogen) atoms. The Kier molecular flexibility index (Phi) is 3.50. The summed E-state index contributed by atoms with van der Waals surface area (Å²) in [4.78, 5) is 0. The molecule has 1 aromatic rings. The molecule has 1 nitrogen and oxygen atoms in total. The molecule has 0 fully saturated rings. The fourth-order valence-electron chi connectivity index (χ4n) is 0.792. The Hall–Kier alpha value is -0.600. The molecular weight excluding hydrogens is 179 g/mol. The van der Waals surface area contributed by atoms with Crippen LogP contribution in [0, 0.1) is 5.82 Å². The first kappa shape index (κ1) is 9.49. The molecule has 1 unspecified atom stereocenters. The van der Waals surface area contributed by atoms with Crippen molar-refractivity contribution in [2.45, 2.75) is 19.1 Å². The number of hydrogen-bond acceptors (Lipinski definition) is 1. The van der Waals surface area contributed by atoms with Gasteiger partial charge >= 0.3 is 0 Å². The smallest absolute Gasteiger partial charge is 0.128 e. The van der Waals surface area contributed by atoms with Gasteiger partial charge in [0.05, 0.1) is 6.61 Å². The Balaban J connectivity index is 2.48. The summed E-state index contributed by atoms with van der Waals surface area (Å²) in [5.41, 5.74) is 0.610. The molecule has 1 atom stereocenters. The van der Waals surface area contributed by atoms with Gasteiger partial charge in [-0.25, -0.2) is 4.39 Å². The molecule has 0 aromatic heterocycles. The van der Waals surface area contributed by atoms with Gasteiger partial charge in [0.2, 0.25) is 0 Å². The van der Waals surface area contributed by atoms with E-state index in [1.54, 1.807) is 19.1 Å². The third kappa shape index (κ3) is 3.20. The maximum Gasteiger partial charge on any atom is 0.128 e. The number of hydrogen-bond donors (Lipinski definition) is 0. The van der Waals surface area contributed by atoms with Crippen molar-refractivity contribution in [3.05, 3.63) is 35.6 Å². The van der Waals surface area contributed by atoms with Gasteiger partial charge in [-0.2, -0.15) is 0 Å². The summed E-state index contributed by atoms with van der Waals surface area (Å²) in [6, 6.07) is 6.15. The number of ether oxygens (including phenoxy) is 1. The topological polar surface area (TPSA) is 9.23 Å². The zero-order chi connectivity index (χ0) is 8.97. The zero-order valence-electron chi connectivity index (χ0n) is 6.76. The van der Waals surface area contributed by atoms with Crippen molar-refractivity contribution in [3.8, 4) is 0 Å². The monoisotopic (exact) mass is 188 g/mol.